The van der Waals surface area contributed by atoms with E-state index in [1.807, 2.05) is 6.92 Å². The van der Waals surface area contributed by atoms with E-state index in [9.17, 15) is 5.11 Å². The summed E-state index contributed by atoms with van der Waals surface area (Å²) < 4.78 is 0. The molecule has 0 radical (unpaired) electrons. The lowest BCUT2D eigenvalue weighted by atomic mass is 10.1. The van der Waals surface area contributed by atoms with Crippen molar-refractivity contribution in [3.8, 4) is 5.75 Å². The SMILES string of the molecule is CCO.Cc1ccc(Cl)c(C)c1O. The topological polar surface area (TPSA) is 40.5 Å². The van der Waals surface area contributed by atoms with Gasteiger partial charge in [0.1, 0.15) is 5.75 Å². The molecule has 0 saturated carbocycles. The third kappa shape index (κ3) is 3.66. The van der Waals surface area contributed by atoms with Crippen molar-refractivity contribution in [2.45, 2.75) is 20.8 Å². The fourth-order valence-corrected chi connectivity index (χ4v) is 0.963. The molecule has 0 aliphatic heterocycles. The minimum atomic E-state index is 0.250. The Bertz CT molecular complexity index is 245. The Morgan fingerprint density at radius 2 is 1.77 bits per heavy atom. The summed E-state index contributed by atoms with van der Waals surface area (Å²) in [5.74, 6) is 0.299. The quantitative estimate of drug-likeness (QED) is 0.679. The Hall–Kier alpha value is -0.730. The van der Waals surface area contributed by atoms with E-state index in [2.05, 4.69) is 0 Å². The predicted molar refractivity (Wildman–Crippen MR) is 55.4 cm³/mol. The first-order chi connectivity index (χ1) is 6.04. The highest BCUT2D eigenvalue weighted by Crippen LogP contribution is 2.27. The van der Waals surface area contributed by atoms with Crippen LogP contribution in [0.3, 0.4) is 0 Å². The second kappa shape index (κ2) is 5.84. The average molecular weight is 203 g/mol. The number of rotatable bonds is 0. The van der Waals surface area contributed by atoms with Crippen LogP contribution < -0.4 is 0 Å². The fraction of sp³-hybridized carbons (Fsp3) is 0.400. The van der Waals surface area contributed by atoms with Gasteiger partial charge >= 0.3 is 0 Å². The first-order valence-corrected chi connectivity index (χ1v) is 4.47. The molecular formula is C10H15ClO2. The van der Waals surface area contributed by atoms with Gasteiger partial charge in [0.2, 0.25) is 0 Å². The van der Waals surface area contributed by atoms with Gasteiger partial charge in [-0.05, 0) is 32.4 Å². The van der Waals surface area contributed by atoms with Gasteiger partial charge in [-0.2, -0.15) is 0 Å². The number of phenolic OH excluding ortho intramolecular Hbond substituents is 1. The van der Waals surface area contributed by atoms with Crippen LogP contribution in [0.1, 0.15) is 18.1 Å². The van der Waals surface area contributed by atoms with E-state index in [0.717, 1.165) is 11.1 Å². The molecule has 3 heteroatoms. The number of aliphatic hydroxyl groups excluding tert-OH is 1. The number of halogens is 1. The zero-order chi connectivity index (χ0) is 10.4. The van der Waals surface area contributed by atoms with E-state index >= 15 is 0 Å². The molecule has 0 aromatic heterocycles. The van der Waals surface area contributed by atoms with Crippen molar-refractivity contribution in [1.82, 2.24) is 0 Å². The minimum absolute atomic E-state index is 0.250. The number of phenols is 1. The molecule has 0 unspecified atom stereocenters. The van der Waals surface area contributed by atoms with Crippen LogP contribution in [0.25, 0.3) is 0 Å². The molecule has 0 heterocycles. The Morgan fingerprint density at radius 1 is 1.31 bits per heavy atom. The van der Waals surface area contributed by atoms with E-state index in [0.29, 0.717) is 10.8 Å². The van der Waals surface area contributed by atoms with Gasteiger partial charge in [0.05, 0.1) is 0 Å². The van der Waals surface area contributed by atoms with Crippen molar-refractivity contribution in [2.75, 3.05) is 6.61 Å². The maximum Gasteiger partial charge on any atom is 0.122 e. The fourth-order valence-electron chi connectivity index (χ4n) is 0.811. The summed E-state index contributed by atoms with van der Waals surface area (Å²) in [7, 11) is 0. The summed E-state index contributed by atoms with van der Waals surface area (Å²) in [6.45, 7) is 5.57. The van der Waals surface area contributed by atoms with E-state index in [4.69, 9.17) is 16.7 Å². The van der Waals surface area contributed by atoms with Crippen molar-refractivity contribution < 1.29 is 10.2 Å². The van der Waals surface area contributed by atoms with Crippen molar-refractivity contribution in [3.05, 3.63) is 28.3 Å². The van der Waals surface area contributed by atoms with E-state index in [1.54, 1.807) is 26.0 Å². The Morgan fingerprint density at radius 3 is 2.15 bits per heavy atom. The monoisotopic (exact) mass is 202 g/mol. The molecule has 1 rings (SSSR count). The highest BCUT2D eigenvalue weighted by molar-refractivity contribution is 6.31. The van der Waals surface area contributed by atoms with Crippen LogP contribution >= 0.6 is 11.6 Å². The van der Waals surface area contributed by atoms with Crippen LogP contribution in [0, 0.1) is 13.8 Å². The first-order valence-electron chi connectivity index (χ1n) is 4.10. The summed E-state index contributed by atoms with van der Waals surface area (Å²) in [5.41, 5.74) is 1.61. The summed E-state index contributed by atoms with van der Waals surface area (Å²) >= 11 is 5.73. The van der Waals surface area contributed by atoms with Crippen molar-refractivity contribution >= 4 is 11.6 Å². The predicted octanol–water partition coefficient (Wildman–Crippen LogP) is 2.66. The number of hydrogen-bond acceptors (Lipinski definition) is 2. The average Bonchev–Trinajstić information content (AvgIpc) is 2.10. The van der Waals surface area contributed by atoms with Gasteiger partial charge in [0, 0.05) is 17.2 Å². The van der Waals surface area contributed by atoms with Gasteiger partial charge in [0.15, 0.2) is 0 Å². The highest BCUT2D eigenvalue weighted by atomic mass is 35.5. The van der Waals surface area contributed by atoms with E-state index in [1.165, 1.54) is 0 Å². The number of benzene rings is 1. The van der Waals surface area contributed by atoms with Gasteiger partial charge in [-0.1, -0.05) is 17.7 Å². The standard InChI is InChI=1S/C8H9ClO.C2H6O/c1-5-3-4-7(9)6(2)8(5)10;1-2-3/h3-4,10H,1-2H3;3H,2H2,1H3. The lowest BCUT2D eigenvalue weighted by Gasteiger charge is -2.02. The molecule has 13 heavy (non-hydrogen) atoms. The lowest BCUT2D eigenvalue weighted by molar-refractivity contribution is 0.318. The van der Waals surface area contributed by atoms with Crippen LogP contribution in [-0.4, -0.2) is 16.8 Å². The third-order valence-electron chi connectivity index (χ3n) is 1.57. The molecule has 0 amide bonds. The molecule has 0 aliphatic carbocycles. The van der Waals surface area contributed by atoms with Crippen molar-refractivity contribution in [1.29, 1.82) is 0 Å². The van der Waals surface area contributed by atoms with Crippen LogP contribution in [0.5, 0.6) is 5.75 Å². The summed E-state index contributed by atoms with van der Waals surface area (Å²) in [5, 5.41) is 17.5. The molecular weight excluding hydrogens is 188 g/mol. The highest BCUT2D eigenvalue weighted by Gasteiger charge is 2.02. The van der Waals surface area contributed by atoms with E-state index in [-0.39, 0.29) is 6.61 Å². The molecule has 74 valence electrons. The van der Waals surface area contributed by atoms with Gasteiger partial charge < -0.3 is 10.2 Å². The molecule has 0 aliphatic rings. The van der Waals surface area contributed by atoms with Crippen LogP contribution in [0.2, 0.25) is 5.02 Å². The molecule has 0 saturated heterocycles. The number of aryl methyl sites for hydroxylation is 1. The van der Waals surface area contributed by atoms with Crippen molar-refractivity contribution in [3.63, 3.8) is 0 Å². The third-order valence-corrected chi connectivity index (χ3v) is 1.98. The molecule has 0 fully saturated rings. The second-order valence-corrected chi connectivity index (χ2v) is 3.06. The minimum Gasteiger partial charge on any atom is -0.507 e. The number of aromatic hydroxyl groups is 1. The number of aliphatic hydroxyl groups is 1. The van der Waals surface area contributed by atoms with Crippen LogP contribution in [-0.2, 0) is 0 Å². The normalized spacial score (nSPS) is 9.00. The molecule has 2 nitrogen and oxygen atoms in total. The van der Waals surface area contributed by atoms with Gasteiger partial charge in [0.25, 0.3) is 0 Å². The van der Waals surface area contributed by atoms with E-state index < -0.39 is 0 Å². The maximum atomic E-state index is 9.30. The summed E-state index contributed by atoms with van der Waals surface area (Å²) in [4.78, 5) is 0. The maximum absolute atomic E-state index is 9.30. The molecule has 1 aromatic carbocycles. The van der Waals surface area contributed by atoms with Crippen LogP contribution in [0.15, 0.2) is 12.1 Å². The molecule has 0 atom stereocenters. The molecule has 0 spiro atoms. The first kappa shape index (κ1) is 12.3. The molecule has 1 aromatic rings. The largest absolute Gasteiger partial charge is 0.507 e. The zero-order valence-corrected chi connectivity index (χ0v) is 8.89. The van der Waals surface area contributed by atoms with Gasteiger partial charge in [-0.25, -0.2) is 0 Å². The summed E-state index contributed by atoms with van der Waals surface area (Å²) in [6, 6.07) is 3.58. The molecule has 0 bridgehead atoms. The Balaban J connectivity index is 0.000000424. The Labute approximate surface area is 83.8 Å². The van der Waals surface area contributed by atoms with Gasteiger partial charge in [-0.15, -0.1) is 0 Å². The van der Waals surface area contributed by atoms with Crippen LogP contribution in [0.4, 0.5) is 0 Å². The Kier molecular flexibility index (Phi) is 5.51. The van der Waals surface area contributed by atoms with Crippen molar-refractivity contribution in [2.24, 2.45) is 0 Å². The smallest absolute Gasteiger partial charge is 0.122 e. The summed E-state index contributed by atoms with van der Waals surface area (Å²) in [6.07, 6.45) is 0. The zero-order valence-electron chi connectivity index (χ0n) is 8.13. The number of hydrogen-bond donors (Lipinski definition) is 2. The lowest BCUT2D eigenvalue weighted by Crippen LogP contribution is -1.80. The molecule has 2 N–H and O–H groups in total. The second-order valence-electron chi connectivity index (χ2n) is 2.65. The van der Waals surface area contributed by atoms with Gasteiger partial charge in [-0.3, -0.25) is 0 Å².